The first-order valence-corrected chi connectivity index (χ1v) is 13.1. The van der Waals surface area contributed by atoms with Crippen LogP contribution in [0.25, 0.3) is 0 Å². The number of unbranched alkanes of at least 4 members (excludes halogenated alkanes) is 3. The van der Waals surface area contributed by atoms with Crippen LogP contribution < -0.4 is 20.7 Å². The van der Waals surface area contributed by atoms with Crippen LogP contribution in [0.5, 0.6) is 5.75 Å². The molecule has 0 unspecified atom stereocenters. The van der Waals surface area contributed by atoms with Crippen LogP contribution in [0.2, 0.25) is 0 Å². The van der Waals surface area contributed by atoms with Crippen molar-refractivity contribution in [2.75, 3.05) is 17.2 Å². The first-order valence-electron chi connectivity index (χ1n) is 11.9. The minimum Gasteiger partial charge on any atom is -0.493 e. The molecule has 0 aliphatic heterocycles. The highest BCUT2D eigenvalue weighted by molar-refractivity contribution is 9.10. The molecule has 8 heteroatoms. The molecular formula is C28H30BrN3O3S. The number of nitrogens with one attached hydrogen (secondary N) is 3. The Balaban J connectivity index is 1.56. The minimum atomic E-state index is -0.371. The van der Waals surface area contributed by atoms with E-state index in [1.54, 1.807) is 36.4 Å². The van der Waals surface area contributed by atoms with Gasteiger partial charge in [-0.2, -0.15) is 0 Å². The van der Waals surface area contributed by atoms with Gasteiger partial charge in [0.25, 0.3) is 5.91 Å². The Hall–Kier alpha value is -3.23. The van der Waals surface area contributed by atoms with Gasteiger partial charge in [0.05, 0.1) is 18.6 Å². The van der Waals surface area contributed by atoms with Crippen molar-refractivity contribution >= 4 is 56.4 Å². The number of carbonyl (C=O) groups excluding carboxylic acids is 2. The average Bonchev–Trinajstić information content (AvgIpc) is 2.85. The fraction of sp³-hybridized carbons (Fsp3) is 0.250. The highest BCUT2D eigenvalue weighted by Gasteiger charge is 2.15. The predicted octanol–water partition coefficient (Wildman–Crippen LogP) is 6.72. The topological polar surface area (TPSA) is 79.5 Å². The van der Waals surface area contributed by atoms with Gasteiger partial charge in [-0.3, -0.25) is 14.9 Å². The molecule has 3 rings (SSSR count). The number of anilines is 2. The molecule has 0 saturated carbocycles. The number of halogens is 1. The van der Waals surface area contributed by atoms with Crippen LogP contribution in [0.15, 0.2) is 77.3 Å². The third-order valence-electron chi connectivity index (χ3n) is 5.28. The molecule has 2 amide bonds. The van der Waals surface area contributed by atoms with Crippen molar-refractivity contribution in [1.82, 2.24) is 5.32 Å². The van der Waals surface area contributed by atoms with E-state index in [1.807, 2.05) is 36.4 Å². The Morgan fingerprint density at radius 3 is 2.39 bits per heavy atom. The SMILES string of the molecule is CCCCCCOc1ccc(Br)cc1C(=O)NC(=S)Nc1cccc(NC(=O)Cc2ccccc2)c1. The van der Waals surface area contributed by atoms with Gasteiger partial charge in [0.1, 0.15) is 5.75 Å². The van der Waals surface area contributed by atoms with Gasteiger partial charge in [0.2, 0.25) is 5.91 Å². The van der Waals surface area contributed by atoms with E-state index < -0.39 is 0 Å². The van der Waals surface area contributed by atoms with Gasteiger partial charge in [-0.15, -0.1) is 0 Å². The summed E-state index contributed by atoms with van der Waals surface area (Å²) < 4.78 is 6.64. The second kappa shape index (κ2) is 14.4. The number of benzene rings is 3. The zero-order valence-corrected chi connectivity index (χ0v) is 22.6. The lowest BCUT2D eigenvalue weighted by molar-refractivity contribution is -0.115. The number of thiocarbonyl (C=S) groups is 1. The lowest BCUT2D eigenvalue weighted by Crippen LogP contribution is -2.34. The van der Waals surface area contributed by atoms with Gasteiger partial charge in [-0.25, -0.2) is 0 Å². The van der Waals surface area contributed by atoms with Crippen LogP contribution >= 0.6 is 28.1 Å². The number of rotatable bonds is 11. The molecule has 3 N–H and O–H groups in total. The second-order valence-electron chi connectivity index (χ2n) is 8.25. The van der Waals surface area contributed by atoms with Crippen molar-refractivity contribution in [2.24, 2.45) is 0 Å². The Morgan fingerprint density at radius 1 is 0.889 bits per heavy atom. The largest absolute Gasteiger partial charge is 0.493 e. The van der Waals surface area contributed by atoms with Gasteiger partial charge in [0.15, 0.2) is 5.11 Å². The first kappa shape index (κ1) is 27.4. The van der Waals surface area contributed by atoms with Crippen molar-refractivity contribution < 1.29 is 14.3 Å². The molecule has 0 aliphatic rings. The summed E-state index contributed by atoms with van der Waals surface area (Å²) in [4.78, 5) is 25.3. The van der Waals surface area contributed by atoms with Crippen LogP contribution in [-0.2, 0) is 11.2 Å². The summed E-state index contributed by atoms with van der Waals surface area (Å²) in [5.74, 6) is 0.0221. The third kappa shape index (κ3) is 9.09. The molecule has 0 aromatic heterocycles. The van der Waals surface area contributed by atoms with Crippen LogP contribution in [0, 0.1) is 0 Å². The van der Waals surface area contributed by atoms with E-state index in [2.05, 4.69) is 38.8 Å². The summed E-state index contributed by atoms with van der Waals surface area (Å²) >= 11 is 8.78. The van der Waals surface area contributed by atoms with E-state index in [4.69, 9.17) is 17.0 Å². The summed E-state index contributed by atoms with van der Waals surface area (Å²) in [7, 11) is 0. The minimum absolute atomic E-state index is 0.119. The lowest BCUT2D eigenvalue weighted by atomic mass is 10.1. The number of hydrogen-bond acceptors (Lipinski definition) is 4. The zero-order chi connectivity index (χ0) is 25.8. The number of ether oxygens (including phenoxy) is 1. The Bertz CT molecular complexity index is 1190. The summed E-state index contributed by atoms with van der Waals surface area (Å²) in [5.41, 5.74) is 2.59. The maximum atomic E-state index is 12.9. The van der Waals surface area contributed by atoms with Crippen LogP contribution in [0.3, 0.4) is 0 Å². The Kier molecular flexibility index (Phi) is 10.9. The highest BCUT2D eigenvalue weighted by Crippen LogP contribution is 2.24. The van der Waals surface area contributed by atoms with E-state index in [0.29, 0.717) is 29.3 Å². The molecular weight excluding hydrogens is 538 g/mol. The van der Waals surface area contributed by atoms with Gasteiger partial charge < -0.3 is 15.4 Å². The van der Waals surface area contributed by atoms with Crippen molar-refractivity contribution in [1.29, 1.82) is 0 Å². The van der Waals surface area contributed by atoms with Crippen molar-refractivity contribution in [3.8, 4) is 5.75 Å². The number of hydrogen-bond donors (Lipinski definition) is 3. The van der Waals surface area contributed by atoms with E-state index in [1.165, 1.54) is 0 Å². The lowest BCUT2D eigenvalue weighted by Gasteiger charge is -2.14. The first-order chi connectivity index (χ1) is 17.4. The molecule has 0 bridgehead atoms. The Labute approximate surface area is 226 Å². The molecule has 36 heavy (non-hydrogen) atoms. The predicted molar refractivity (Wildman–Crippen MR) is 153 cm³/mol. The number of amides is 2. The van der Waals surface area contributed by atoms with Crippen molar-refractivity contribution in [2.45, 2.75) is 39.0 Å². The quantitative estimate of drug-likeness (QED) is 0.177. The maximum absolute atomic E-state index is 12.9. The highest BCUT2D eigenvalue weighted by atomic mass is 79.9. The van der Waals surface area contributed by atoms with Gasteiger partial charge in [0, 0.05) is 15.8 Å². The Morgan fingerprint density at radius 2 is 1.64 bits per heavy atom. The van der Waals surface area contributed by atoms with E-state index in [0.717, 1.165) is 35.7 Å². The molecule has 0 radical (unpaired) electrons. The molecule has 0 fully saturated rings. The van der Waals surface area contributed by atoms with E-state index in [-0.39, 0.29) is 23.3 Å². The second-order valence-corrected chi connectivity index (χ2v) is 9.57. The van der Waals surface area contributed by atoms with Crippen LogP contribution in [-0.4, -0.2) is 23.5 Å². The monoisotopic (exact) mass is 567 g/mol. The molecule has 6 nitrogen and oxygen atoms in total. The van der Waals surface area contributed by atoms with Crippen LogP contribution in [0.1, 0.15) is 48.5 Å². The van der Waals surface area contributed by atoms with E-state index >= 15 is 0 Å². The molecule has 0 saturated heterocycles. The van der Waals surface area contributed by atoms with Crippen molar-refractivity contribution in [3.05, 3.63) is 88.4 Å². The molecule has 0 heterocycles. The van der Waals surface area contributed by atoms with E-state index in [9.17, 15) is 9.59 Å². The summed E-state index contributed by atoms with van der Waals surface area (Å²) in [5, 5.41) is 8.74. The van der Waals surface area contributed by atoms with Gasteiger partial charge >= 0.3 is 0 Å². The molecule has 3 aromatic rings. The molecule has 0 aliphatic carbocycles. The summed E-state index contributed by atoms with van der Waals surface area (Å²) in [6, 6.07) is 22.0. The van der Waals surface area contributed by atoms with Crippen molar-refractivity contribution in [3.63, 3.8) is 0 Å². The number of carbonyl (C=O) groups is 2. The van der Waals surface area contributed by atoms with Crippen LogP contribution in [0.4, 0.5) is 11.4 Å². The summed E-state index contributed by atoms with van der Waals surface area (Å²) in [6.07, 6.45) is 4.62. The average molecular weight is 569 g/mol. The third-order valence-corrected chi connectivity index (χ3v) is 5.98. The standard InChI is InChI=1S/C28H30BrN3O3S/c1-2-3-4-8-16-35-25-15-14-21(29)18-24(25)27(34)32-28(36)31-23-13-9-12-22(19-23)30-26(33)17-20-10-6-5-7-11-20/h5-7,9-15,18-19H,2-4,8,16-17H2,1H3,(H,30,33)(H2,31,32,34,36). The smallest absolute Gasteiger partial charge is 0.261 e. The molecule has 0 atom stereocenters. The van der Waals surface area contributed by atoms with Gasteiger partial charge in [-0.1, -0.05) is 78.5 Å². The van der Waals surface area contributed by atoms with Gasteiger partial charge in [-0.05, 0) is 60.6 Å². The fourth-order valence-corrected chi connectivity index (χ4v) is 4.08. The maximum Gasteiger partial charge on any atom is 0.261 e. The zero-order valence-electron chi connectivity index (χ0n) is 20.2. The summed E-state index contributed by atoms with van der Waals surface area (Å²) in [6.45, 7) is 2.71. The molecule has 188 valence electrons. The normalized spacial score (nSPS) is 10.4. The fourth-order valence-electron chi connectivity index (χ4n) is 3.51. The molecule has 0 spiro atoms. The molecule has 3 aromatic carbocycles.